The minimum atomic E-state index is 0.214. The summed E-state index contributed by atoms with van der Waals surface area (Å²) in [6, 6.07) is 14.3. The smallest absolute Gasteiger partial charge is 0.220 e. The molecule has 2 heterocycles. The maximum absolute atomic E-state index is 12.7. The Hall–Kier alpha value is -2.53. The van der Waals surface area contributed by atoms with Crippen molar-refractivity contribution in [1.29, 1.82) is 0 Å². The number of nitrogens with zero attached hydrogens (tertiary/aromatic N) is 2. The number of aromatic nitrogens is 2. The van der Waals surface area contributed by atoms with Crippen molar-refractivity contribution < 1.29 is 4.79 Å². The summed E-state index contributed by atoms with van der Waals surface area (Å²) in [6.07, 6.45) is 6.71. The summed E-state index contributed by atoms with van der Waals surface area (Å²) in [5.41, 5.74) is 9.31. The summed E-state index contributed by atoms with van der Waals surface area (Å²) in [7, 11) is 0. The summed E-state index contributed by atoms with van der Waals surface area (Å²) in [5, 5.41) is 0. The van der Waals surface area contributed by atoms with E-state index in [4.69, 9.17) is 5.73 Å². The zero-order valence-electron chi connectivity index (χ0n) is 14.5. The number of thiophene rings is 1. The van der Waals surface area contributed by atoms with Crippen LogP contribution in [0.5, 0.6) is 0 Å². The van der Waals surface area contributed by atoms with Crippen LogP contribution >= 0.6 is 11.3 Å². The number of ketones is 1. The molecule has 0 amide bonds. The molecule has 26 heavy (non-hydrogen) atoms. The molecule has 0 spiro atoms. The quantitative estimate of drug-likeness (QED) is 0.657. The van der Waals surface area contributed by atoms with E-state index in [9.17, 15) is 4.79 Å². The minimum absolute atomic E-state index is 0.214. The summed E-state index contributed by atoms with van der Waals surface area (Å²) in [5.74, 6) is 0.969. The van der Waals surface area contributed by atoms with Crippen molar-refractivity contribution in [1.82, 2.24) is 9.97 Å². The normalized spacial score (nSPS) is 16.2. The Balaban J connectivity index is 1.44. The number of nitrogens with two attached hydrogens (primary N) is 1. The molecular weight excluding hydrogens is 342 g/mol. The number of carbonyl (C=O) groups excluding carboxylic acids is 1. The minimum Gasteiger partial charge on any atom is -0.368 e. The van der Waals surface area contributed by atoms with Crippen molar-refractivity contribution >= 4 is 23.1 Å². The molecule has 2 aromatic heterocycles. The van der Waals surface area contributed by atoms with Crippen LogP contribution in [0.1, 0.15) is 52.4 Å². The fraction of sp³-hybridized carbons (Fsp3) is 0.286. The SMILES string of the molecule is Nc1nccc(-c2ccc(C(=O)CC[C@H]3CCCc4ccccc43)s2)n1. The van der Waals surface area contributed by atoms with E-state index in [-0.39, 0.29) is 11.7 Å². The zero-order valence-corrected chi connectivity index (χ0v) is 15.3. The summed E-state index contributed by atoms with van der Waals surface area (Å²) in [4.78, 5) is 22.5. The highest BCUT2D eigenvalue weighted by molar-refractivity contribution is 7.17. The maximum atomic E-state index is 12.7. The fourth-order valence-electron chi connectivity index (χ4n) is 3.72. The Labute approximate surface area is 157 Å². The van der Waals surface area contributed by atoms with Crippen LogP contribution in [-0.4, -0.2) is 15.8 Å². The van der Waals surface area contributed by atoms with Gasteiger partial charge in [-0.3, -0.25) is 4.79 Å². The van der Waals surface area contributed by atoms with E-state index in [0.717, 1.165) is 28.3 Å². The summed E-state index contributed by atoms with van der Waals surface area (Å²) < 4.78 is 0. The lowest BCUT2D eigenvalue weighted by atomic mass is 9.80. The molecule has 4 rings (SSSR count). The van der Waals surface area contributed by atoms with Gasteiger partial charge in [-0.25, -0.2) is 9.97 Å². The Morgan fingerprint density at radius 1 is 1.19 bits per heavy atom. The third kappa shape index (κ3) is 3.53. The number of rotatable bonds is 5. The monoisotopic (exact) mass is 363 g/mol. The predicted molar refractivity (Wildman–Crippen MR) is 105 cm³/mol. The molecule has 1 aliphatic rings. The molecule has 0 radical (unpaired) electrons. The highest BCUT2D eigenvalue weighted by Gasteiger charge is 2.21. The largest absolute Gasteiger partial charge is 0.368 e. The number of carbonyl (C=O) groups is 1. The second-order valence-corrected chi connectivity index (χ2v) is 7.80. The molecule has 3 aromatic rings. The predicted octanol–water partition coefficient (Wildman–Crippen LogP) is 4.87. The van der Waals surface area contributed by atoms with Crippen molar-refractivity contribution in [3.63, 3.8) is 0 Å². The summed E-state index contributed by atoms with van der Waals surface area (Å²) >= 11 is 1.48. The lowest BCUT2D eigenvalue weighted by Gasteiger charge is -2.25. The van der Waals surface area contributed by atoms with Gasteiger partial charge >= 0.3 is 0 Å². The Morgan fingerprint density at radius 2 is 2.08 bits per heavy atom. The van der Waals surface area contributed by atoms with E-state index in [0.29, 0.717) is 12.3 Å². The molecule has 4 nitrogen and oxygen atoms in total. The van der Waals surface area contributed by atoms with Gasteiger partial charge in [-0.1, -0.05) is 24.3 Å². The van der Waals surface area contributed by atoms with Gasteiger partial charge in [-0.05, 0) is 60.9 Å². The second kappa shape index (κ2) is 7.38. The molecule has 132 valence electrons. The van der Waals surface area contributed by atoms with Crippen LogP contribution in [0.2, 0.25) is 0 Å². The molecule has 0 aliphatic heterocycles. The number of nitrogen functional groups attached to an aromatic ring is 1. The van der Waals surface area contributed by atoms with Crippen LogP contribution < -0.4 is 5.73 Å². The van der Waals surface area contributed by atoms with Gasteiger partial charge in [0.1, 0.15) is 0 Å². The molecule has 0 saturated carbocycles. The van der Waals surface area contributed by atoms with Crippen LogP contribution in [0, 0.1) is 0 Å². The molecule has 1 aliphatic carbocycles. The molecule has 0 unspecified atom stereocenters. The van der Waals surface area contributed by atoms with E-state index < -0.39 is 0 Å². The number of benzene rings is 1. The standard InChI is InChI=1S/C21H21N3OS/c22-21-23-13-12-17(24-21)19-10-11-20(26-19)18(25)9-8-15-6-3-5-14-4-1-2-7-16(14)15/h1-2,4,7,10-13,15H,3,5-6,8-9H2,(H2,22,23,24)/t15-/m1/s1. The van der Waals surface area contributed by atoms with Gasteiger partial charge in [-0.15, -0.1) is 11.3 Å². The molecule has 5 heteroatoms. The van der Waals surface area contributed by atoms with Crippen LogP contribution in [-0.2, 0) is 6.42 Å². The highest BCUT2D eigenvalue weighted by Crippen LogP contribution is 2.35. The molecule has 0 bridgehead atoms. The third-order valence-electron chi connectivity index (χ3n) is 5.02. The Kier molecular flexibility index (Phi) is 4.80. The lowest BCUT2D eigenvalue weighted by molar-refractivity contribution is 0.0980. The van der Waals surface area contributed by atoms with Gasteiger partial charge in [0.05, 0.1) is 15.4 Å². The first kappa shape index (κ1) is 16.9. The van der Waals surface area contributed by atoms with E-state index >= 15 is 0 Å². The van der Waals surface area contributed by atoms with Crippen LogP contribution in [0.15, 0.2) is 48.7 Å². The number of hydrogen-bond donors (Lipinski definition) is 1. The van der Waals surface area contributed by atoms with E-state index in [2.05, 4.69) is 34.2 Å². The van der Waals surface area contributed by atoms with E-state index in [1.54, 1.807) is 6.20 Å². The number of aryl methyl sites for hydroxylation is 1. The van der Waals surface area contributed by atoms with Crippen molar-refractivity contribution in [3.8, 4) is 10.6 Å². The Bertz CT molecular complexity index is 934. The fourth-order valence-corrected chi connectivity index (χ4v) is 4.66. The molecule has 0 saturated heterocycles. The lowest BCUT2D eigenvalue weighted by Crippen LogP contribution is -2.11. The topological polar surface area (TPSA) is 68.9 Å². The van der Waals surface area contributed by atoms with Gasteiger partial charge in [-0.2, -0.15) is 0 Å². The number of hydrogen-bond acceptors (Lipinski definition) is 5. The van der Waals surface area contributed by atoms with Crippen molar-refractivity contribution in [2.24, 2.45) is 0 Å². The van der Waals surface area contributed by atoms with E-state index in [1.165, 1.54) is 35.3 Å². The first-order valence-electron chi connectivity index (χ1n) is 9.00. The molecule has 2 N–H and O–H groups in total. The van der Waals surface area contributed by atoms with Crippen molar-refractivity contribution in [3.05, 3.63) is 64.7 Å². The molecule has 1 atom stereocenters. The van der Waals surface area contributed by atoms with Gasteiger partial charge in [0, 0.05) is 12.6 Å². The first-order chi connectivity index (χ1) is 12.7. The van der Waals surface area contributed by atoms with Crippen LogP contribution in [0.3, 0.4) is 0 Å². The third-order valence-corrected chi connectivity index (χ3v) is 6.17. The second-order valence-electron chi connectivity index (χ2n) is 6.71. The number of anilines is 1. The van der Waals surface area contributed by atoms with Gasteiger partial charge in [0.2, 0.25) is 5.95 Å². The average molecular weight is 363 g/mol. The number of Topliss-reactive ketones (excluding diaryl/α,β-unsaturated/α-hetero) is 1. The van der Waals surface area contributed by atoms with Gasteiger partial charge in [0.25, 0.3) is 0 Å². The number of fused-ring (bicyclic) bond motifs is 1. The Morgan fingerprint density at radius 3 is 2.96 bits per heavy atom. The van der Waals surface area contributed by atoms with Crippen LogP contribution in [0.25, 0.3) is 10.6 Å². The van der Waals surface area contributed by atoms with Gasteiger partial charge in [0.15, 0.2) is 5.78 Å². The average Bonchev–Trinajstić information content (AvgIpc) is 3.16. The van der Waals surface area contributed by atoms with Gasteiger partial charge < -0.3 is 5.73 Å². The maximum Gasteiger partial charge on any atom is 0.220 e. The molecule has 1 aromatic carbocycles. The zero-order chi connectivity index (χ0) is 17.9. The molecule has 0 fully saturated rings. The van der Waals surface area contributed by atoms with Crippen LogP contribution in [0.4, 0.5) is 5.95 Å². The summed E-state index contributed by atoms with van der Waals surface area (Å²) in [6.45, 7) is 0. The van der Waals surface area contributed by atoms with Crippen molar-refractivity contribution in [2.75, 3.05) is 5.73 Å². The first-order valence-corrected chi connectivity index (χ1v) is 9.82. The van der Waals surface area contributed by atoms with E-state index in [1.807, 2.05) is 18.2 Å². The highest BCUT2D eigenvalue weighted by atomic mass is 32.1. The van der Waals surface area contributed by atoms with Crippen molar-refractivity contribution in [2.45, 2.75) is 38.0 Å². The molecular formula is C21H21N3OS.